The van der Waals surface area contributed by atoms with Crippen LogP contribution in [-0.2, 0) is 0 Å². The van der Waals surface area contributed by atoms with Crippen molar-refractivity contribution in [2.75, 3.05) is 6.54 Å². The van der Waals surface area contributed by atoms with E-state index in [0.29, 0.717) is 10.5 Å². The predicted molar refractivity (Wildman–Crippen MR) is 50.8 cm³/mol. The molecule has 0 aliphatic carbocycles. The average molecular weight is 204 g/mol. The molecule has 64 valence electrons. The van der Waals surface area contributed by atoms with Crippen LogP contribution in [0.5, 0.6) is 0 Å². The van der Waals surface area contributed by atoms with Gasteiger partial charge in [0.2, 0.25) is 5.29 Å². The fourth-order valence-electron chi connectivity index (χ4n) is 1.27. The van der Waals surface area contributed by atoms with Gasteiger partial charge in [0.25, 0.3) is 0 Å². The molecule has 12 heavy (non-hydrogen) atoms. The van der Waals surface area contributed by atoms with Crippen LogP contribution in [0.1, 0.15) is 6.92 Å². The Balaban J connectivity index is 2.37. The number of rotatable bonds is 0. The molecule has 0 fully saturated rings. The Kier molecular flexibility index (Phi) is 1.85. The van der Waals surface area contributed by atoms with Crippen molar-refractivity contribution in [1.29, 1.82) is 0 Å². The van der Waals surface area contributed by atoms with Gasteiger partial charge in [0.05, 0.1) is 6.04 Å². The van der Waals surface area contributed by atoms with Gasteiger partial charge in [-0.05, 0) is 18.5 Å². The van der Waals surface area contributed by atoms with Gasteiger partial charge in [0, 0.05) is 12.6 Å². The van der Waals surface area contributed by atoms with Crippen molar-refractivity contribution in [3.63, 3.8) is 0 Å². The summed E-state index contributed by atoms with van der Waals surface area (Å²) >= 11 is 11.6. The second-order valence-electron chi connectivity index (χ2n) is 2.79. The third-order valence-electron chi connectivity index (χ3n) is 1.75. The van der Waals surface area contributed by atoms with Gasteiger partial charge in [-0.25, -0.2) is 4.99 Å². The Bertz CT molecular complexity index is 306. The minimum absolute atomic E-state index is 0.266. The molecule has 2 heterocycles. The molecular formula is C7H7Cl2N3. The van der Waals surface area contributed by atoms with Crippen LogP contribution in [0.25, 0.3) is 0 Å². The molecule has 3 nitrogen and oxygen atoms in total. The normalized spacial score (nSPS) is 27.8. The maximum atomic E-state index is 5.85. The Morgan fingerprint density at radius 3 is 3.08 bits per heavy atom. The third-order valence-corrected chi connectivity index (χ3v) is 2.23. The Labute approximate surface area is 80.4 Å². The van der Waals surface area contributed by atoms with Gasteiger partial charge in [0.15, 0.2) is 0 Å². The van der Waals surface area contributed by atoms with E-state index in [1.807, 2.05) is 11.8 Å². The first-order valence-electron chi connectivity index (χ1n) is 3.63. The monoisotopic (exact) mass is 203 g/mol. The summed E-state index contributed by atoms with van der Waals surface area (Å²) < 4.78 is 0. The zero-order valence-corrected chi connectivity index (χ0v) is 7.97. The van der Waals surface area contributed by atoms with Crippen LogP contribution >= 0.6 is 23.2 Å². The number of halogens is 2. The highest BCUT2D eigenvalue weighted by atomic mass is 35.5. The first kappa shape index (κ1) is 8.08. The highest BCUT2D eigenvalue weighted by Crippen LogP contribution is 2.20. The van der Waals surface area contributed by atoms with Crippen LogP contribution in [0.4, 0.5) is 0 Å². The van der Waals surface area contributed by atoms with Crippen LogP contribution < -0.4 is 0 Å². The molecular weight excluding hydrogens is 197 g/mol. The van der Waals surface area contributed by atoms with Crippen molar-refractivity contribution in [2.45, 2.75) is 13.0 Å². The second-order valence-corrected chi connectivity index (χ2v) is 3.52. The quantitative estimate of drug-likeness (QED) is 0.552. The van der Waals surface area contributed by atoms with Gasteiger partial charge < -0.3 is 0 Å². The predicted octanol–water partition coefficient (Wildman–Crippen LogP) is 1.78. The van der Waals surface area contributed by atoms with Crippen LogP contribution in [0, 0.1) is 0 Å². The fourth-order valence-corrected chi connectivity index (χ4v) is 1.73. The van der Waals surface area contributed by atoms with E-state index in [-0.39, 0.29) is 6.04 Å². The zero-order valence-electron chi connectivity index (χ0n) is 6.46. The van der Waals surface area contributed by atoms with E-state index in [4.69, 9.17) is 23.2 Å². The molecule has 0 bridgehead atoms. The lowest BCUT2D eigenvalue weighted by Crippen LogP contribution is -2.33. The van der Waals surface area contributed by atoms with Gasteiger partial charge in [-0.2, -0.15) is 0 Å². The molecule has 0 N–H and O–H groups in total. The molecule has 1 unspecified atom stereocenters. The van der Waals surface area contributed by atoms with Gasteiger partial charge in [-0.1, -0.05) is 11.6 Å². The van der Waals surface area contributed by atoms with Crippen molar-refractivity contribution in [1.82, 2.24) is 4.90 Å². The molecule has 1 atom stereocenters. The van der Waals surface area contributed by atoms with E-state index >= 15 is 0 Å². The summed E-state index contributed by atoms with van der Waals surface area (Å²) in [5, 5.41) is 0.801. The molecule has 2 aliphatic heterocycles. The number of hydrogen-bond donors (Lipinski definition) is 0. The summed E-state index contributed by atoms with van der Waals surface area (Å²) in [7, 11) is 0. The minimum atomic E-state index is 0.266. The number of nitrogens with zero attached hydrogens (tertiary/aromatic N) is 3. The Morgan fingerprint density at radius 2 is 2.33 bits per heavy atom. The topological polar surface area (TPSA) is 28.0 Å². The summed E-state index contributed by atoms with van der Waals surface area (Å²) in [6, 6.07) is 0.266. The molecule has 0 aromatic carbocycles. The minimum Gasteiger partial charge on any atom is -0.299 e. The van der Waals surface area contributed by atoms with E-state index in [0.717, 1.165) is 12.4 Å². The lowest BCUT2D eigenvalue weighted by molar-refractivity contribution is 0.605. The van der Waals surface area contributed by atoms with Crippen molar-refractivity contribution in [2.24, 2.45) is 9.98 Å². The number of aliphatic imine (C=N–C) groups is 2. The van der Waals surface area contributed by atoms with Gasteiger partial charge in [-0.15, -0.1) is 0 Å². The second kappa shape index (κ2) is 2.75. The molecule has 2 rings (SSSR count). The molecule has 0 radical (unpaired) electrons. The van der Waals surface area contributed by atoms with Crippen molar-refractivity contribution < 1.29 is 0 Å². The molecule has 0 aromatic rings. The molecule has 0 saturated heterocycles. The Morgan fingerprint density at radius 1 is 1.58 bits per heavy atom. The first-order valence-corrected chi connectivity index (χ1v) is 4.39. The van der Waals surface area contributed by atoms with Crippen molar-refractivity contribution in [3.05, 3.63) is 11.2 Å². The molecule has 0 spiro atoms. The number of amidine groups is 2. The van der Waals surface area contributed by atoms with E-state index in [2.05, 4.69) is 9.98 Å². The standard InChI is InChI=1S/C7H7Cl2N3/c1-4-3-12-6(10-4)2-5(8)11-7(12)9/h2,4H,3H2,1H3. The summed E-state index contributed by atoms with van der Waals surface area (Å²) in [5.74, 6) is 0.813. The highest BCUT2D eigenvalue weighted by Gasteiger charge is 2.26. The Hall–Kier alpha value is -0.540. The fraction of sp³-hybridized carbons (Fsp3) is 0.429. The molecule has 0 aromatic heterocycles. The molecule has 0 amide bonds. The van der Waals surface area contributed by atoms with E-state index in [1.54, 1.807) is 6.08 Å². The maximum absolute atomic E-state index is 5.85. The number of hydrogen-bond acceptors (Lipinski definition) is 3. The maximum Gasteiger partial charge on any atom is 0.205 e. The first-order chi connectivity index (χ1) is 5.66. The van der Waals surface area contributed by atoms with Crippen LogP contribution in [0.15, 0.2) is 21.2 Å². The lowest BCUT2D eigenvalue weighted by Gasteiger charge is -2.19. The zero-order chi connectivity index (χ0) is 8.72. The smallest absolute Gasteiger partial charge is 0.205 e. The molecule has 2 aliphatic rings. The van der Waals surface area contributed by atoms with Crippen molar-refractivity contribution in [3.8, 4) is 0 Å². The van der Waals surface area contributed by atoms with Crippen LogP contribution in [0.2, 0.25) is 0 Å². The van der Waals surface area contributed by atoms with Gasteiger partial charge in [-0.3, -0.25) is 9.89 Å². The van der Waals surface area contributed by atoms with Crippen LogP contribution in [0.3, 0.4) is 0 Å². The summed E-state index contributed by atoms with van der Waals surface area (Å²) in [5.41, 5.74) is 0. The molecule has 0 saturated carbocycles. The van der Waals surface area contributed by atoms with E-state index < -0.39 is 0 Å². The summed E-state index contributed by atoms with van der Waals surface area (Å²) in [6.07, 6.45) is 1.72. The van der Waals surface area contributed by atoms with E-state index in [1.165, 1.54) is 0 Å². The SMILES string of the molecule is CC1CN2C(Cl)=NC(Cl)=CC2=N1. The average Bonchev–Trinajstić information content (AvgIpc) is 2.29. The summed E-state index contributed by atoms with van der Waals surface area (Å²) in [4.78, 5) is 10.1. The van der Waals surface area contributed by atoms with E-state index in [9.17, 15) is 0 Å². The highest BCUT2D eigenvalue weighted by molar-refractivity contribution is 6.66. The molecule has 5 heteroatoms. The summed E-state index contributed by atoms with van der Waals surface area (Å²) in [6.45, 7) is 2.82. The third kappa shape index (κ3) is 1.23. The largest absolute Gasteiger partial charge is 0.299 e. The van der Waals surface area contributed by atoms with Gasteiger partial charge in [0.1, 0.15) is 11.0 Å². The number of fused-ring (bicyclic) bond motifs is 1. The van der Waals surface area contributed by atoms with Crippen molar-refractivity contribution >= 4 is 34.3 Å². The lowest BCUT2D eigenvalue weighted by atomic mass is 10.4. The van der Waals surface area contributed by atoms with Gasteiger partial charge >= 0.3 is 0 Å². The van der Waals surface area contributed by atoms with Crippen LogP contribution in [-0.4, -0.2) is 28.6 Å².